The second-order valence-electron chi connectivity index (χ2n) is 4.91. The fourth-order valence-electron chi connectivity index (χ4n) is 2.86. The number of likely N-dealkylation sites (tertiary alicyclic amines) is 1. The summed E-state index contributed by atoms with van der Waals surface area (Å²) in [5.74, 6) is -4.09. The predicted octanol–water partition coefficient (Wildman–Crippen LogP) is -1.32. The summed E-state index contributed by atoms with van der Waals surface area (Å²) in [7, 11) is 1.34. The van der Waals surface area contributed by atoms with E-state index in [9.17, 15) is 19.2 Å². The van der Waals surface area contributed by atoms with Gasteiger partial charge in [0.05, 0.1) is 25.0 Å². The van der Waals surface area contributed by atoms with Crippen LogP contribution in [0.15, 0.2) is 0 Å². The van der Waals surface area contributed by atoms with E-state index in [1.807, 2.05) is 0 Å². The SMILES string of the molecule is CCOC(=O)[C@H]1N[C@H](C(=O)OCC)[C@H]2C(=O)N(C)C(=O)[C@H]21. The van der Waals surface area contributed by atoms with Gasteiger partial charge in [-0.05, 0) is 13.8 Å². The van der Waals surface area contributed by atoms with Gasteiger partial charge in [0.25, 0.3) is 0 Å². The van der Waals surface area contributed by atoms with Crippen LogP contribution in [0.3, 0.4) is 0 Å². The van der Waals surface area contributed by atoms with Gasteiger partial charge in [-0.2, -0.15) is 0 Å². The van der Waals surface area contributed by atoms with Gasteiger partial charge in [0.15, 0.2) is 0 Å². The topological polar surface area (TPSA) is 102 Å². The number of carbonyl (C=O) groups is 4. The number of hydrogen-bond acceptors (Lipinski definition) is 7. The fourth-order valence-corrected chi connectivity index (χ4v) is 2.86. The molecular weight excluding hydrogens is 280 g/mol. The van der Waals surface area contributed by atoms with Crippen LogP contribution in [0.25, 0.3) is 0 Å². The summed E-state index contributed by atoms with van der Waals surface area (Å²) < 4.78 is 9.81. The molecule has 2 heterocycles. The first-order valence-electron chi connectivity index (χ1n) is 6.84. The van der Waals surface area contributed by atoms with Crippen LogP contribution in [0, 0.1) is 11.8 Å². The van der Waals surface area contributed by atoms with Gasteiger partial charge in [0, 0.05) is 7.05 Å². The number of hydrogen-bond donors (Lipinski definition) is 1. The van der Waals surface area contributed by atoms with Crippen molar-refractivity contribution in [3.05, 3.63) is 0 Å². The molecule has 21 heavy (non-hydrogen) atoms. The van der Waals surface area contributed by atoms with E-state index >= 15 is 0 Å². The molecule has 0 unspecified atom stereocenters. The largest absolute Gasteiger partial charge is 0.465 e. The van der Waals surface area contributed by atoms with Crippen molar-refractivity contribution < 1.29 is 28.7 Å². The molecule has 116 valence electrons. The highest BCUT2D eigenvalue weighted by Crippen LogP contribution is 2.37. The normalized spacial score (nSPS) is 31.3. The van der Waals surface area contributed by atoms with Gasteiger partial charge in [0.1, 0.15) is 12.1 Å². The van der Waals surface area contributed by atoms with Crippen molar-refractivity contribution in [2.24, 2.45) is 11.8 Å². The lowest BCUT2D eigenvalue weighted by molar-refractivity contribution is -0.151. The molecule has 8 nitrogen and oxygen atoms in total. The molecule has 4 atom stereocenters. The molecule has 0 aromatic rings. The van der Waals surface area contributed by atoms with E-state index in [0.717, 1.165) is 4.90 Å². The van der Waals surface area contributed by atoms with Crippen molar-refractivity contribution in [2.75, 3.05) is 20.3 Å². The second-order valence-corrected chi connectivity index (χ2v) is 4.91. The molecule has 2 aliphatic rings. The quantitative estimate of drug-likeness (QED) is 0.507. The van der Waals surface area contributed by atoms with Crippen LogP contribution in [-0.2, 0) is 28.7 Å². The third-order valence-electron chi connectivity index (χ3n) is 3.78. The number of carbonyl (C=O) groups excluding carboxylic acids is 4. The first kappa shape index (κ1) is 15.4. The Morgan fingerprint density at radius 1 is 1.00 bits per heavy atom. The first-order chi connectivity index (χ1) is 9.93. The Kier molecular flexibility index (Phi) is 4.26. The van der Waals surface area contributed by atoms with Crippen LogP contribution in [0.5, 0.6) is 0 Å². The number of nitrogens with zero attached hydrogens (tertiary/aromatic N) is 1. The summed E-state index contributed by atoms with van der Waals surface area (Å²) in [5, 5.41) is 2.73. The van der Waals surface area contributed by atoms with Crippen molar-refractivity contribution in [3.8, 4) is 0 Å². The molecule has 0 spiro atoms. The van der Waals surface area contributed by atoms with E-state index < -0.39 is 47.7 Å². The Morgan fingerprint density at radius 3 is 1.71 bits per heavy atom. The van der Waals surface area contributed by atoms with Crippen molar-refractivity contribution in [1.29, 1.82) is 0 Å². The molecule has 2 saturated heterocycles. The fraction of sp³-hybridized carbons (Fsp3) is 0.692. The zero-order valence-electron chi connectivity index (χ0n) is 12.1. The maximum atomic E-state index is 12.1. The van der Waals surface area contributed by atoms with Gasteiger partial charge in [-0.1, -0.05) is 0 Å². The number of ether oxygens (including phenoxy) is 2. The molecule has 0 radical (unpaired) electrons. The van der Waals surface area contributed by atoms with Gasteiger partial charge >= 0.3 is 11.9 Å². The molecule has 0 bridgehead atoms. The van der Waals surface area contributed by atoms with Crippen LogP contribution in [-0.4, -0.2) is 61.0 Å². The van der Waals surface area contributed by atoms with Gasteiger partial charge < -0.3 is 9.47 Å². The van der Waals surface area contributed by atoms with Crippen LogP contribution in [0.4, 0.5) is 0 Å². The minimum Gasteiger partial charge on any atom is -0.465 e. The number of nitrogens with one attached hydrogen (secondary N) is 1. The summed E-state index contributed by atoms with van der Waals surface area (Å²) in [6.07, 6.45) is 0. The van der Waals surface area contributed by atoms with E-state index in [1.54, 1.807) is 13.8 Å². The molecule has 0 aromatic carbocycles. The van der Waals surface area contributed by atoms with Crippen molar-refractivity contribution >= 4 is 23.8 Å². The van der Waals surface area contributed by atoms with Crippen LogP contribution in [0.2, 0.25) is 0 Å². The van der Waals surface area contributed by atoms with Gasteiger partial charge in [-0.25, -0.2) is 0 Å². The molecule has 2 aliphatic heterocycles. The molecular formula is C13H18N2O6. The lowest BCUT2D eigenvalue weighted by Crippen LogP contribution is -2.47. The predicted molar refractivity (Wildman–Crippen MR) is 68.7 cm³/mol. The third kappa shape index (κ3) is 2.39. The maximum absolute atomic E-state index is 12.1. The van der Waals surface area contributed by atoms with E-state index in [0.29, 0.717) is 0 Å². The average molecular weight is 298 g/mol. The highest BCUT2D eigenvalue weighted by molar-refractivity contribution is 6.10. The highest BCUT2D eigenvalue weighted by atomic mass is 16.5. The van der Waals surface area contributed by atoms with Crippen LogP contribution in [0.1, 0.15) is 13.8 Å². The number of fused-ring (bicyclic) bond motifs is 1. The molecule has 8 heteroatoms. The molecule has 2 fully saturated rings. The molecule has 2 amide bonds. The van der Waals surface area contributed by atoms with Crippen LogP contribution < -0.4 is 5.32 Å². The molecule has 0 aliphatic carbocycles. The van der Waals surface area contributed by atoms with Gasteiger partial charge in [-0.15, -0.1) is 0 Å². The molecule has 1 N–H and O–H groups in total. The third-order valence-corrected chi connectivity index (χ3v) is 3.78. The average Bonchev–Trinajstić information content (AvgIpc) is 2.94. The number of rotatable bonds is 4. The number of esters is 2. The van der Waals surface area contributed by atoms with Crippen molar-refractivity contribution in [2.45, 2.75) is 25.9 Å². The summed E-state index contributed by atoms with van der Waals surface area (Å²) in [5.41, 5.74) is 0. The number of amides is 2. The van der Waals surface area contributed by atoms with E-state index in [4.69, 9.17) is 9.47 Å². The van der Waals surface area contributed by atoms with Gasteiger partial charge in [0.2, 0.25) is 11.8 Å². The Hall–Kier alpha value is -1.96. The minimum atomic E-state index is -1.01. The summed E-state index contributed by atoms with van der Waals surface area (Å²) >= 11 is 0. The molecule has 0 saturated carbocycles. The molecule has 0 aromatic heterocycles. The maximum Gasteiger partial charge on any atom is 0.324 e. The summed E-state index contributed by atoms with van der Waals surface area (Å²) in [6, 6.07) is -2.02. The van der Waals surface area contributed by atoms with E-state index in [1.165, 1.54) is 7.05 Å². The second kappa shape index (κ2) is 5.80. The van der Waals surface area contributed by atoms with Crippen LogP contribution >= 0.6 is 0 Å². The lowest BCUT2D eigenvalue weighted by Gasteiger charge is -2.18. The Labute approximate surface area is 121 Å². The summed E-state index contributed by atoms with van der Waals surface area (Å²) in [4.78, 5) is 49.2. The van der Waals surface area contributed by atoms with E-state index in [2.05, 4.69) is 5.32 Å². The highest BCUT2D eigenvalue weighted by Gasteiger charge is 2.62. The van der Waals surface area contributed by atoms with E-state index in [-0.39, 0.29) is 13.2 Å². The Balaban J connectivity index is 2.31. The minimum absolute atomic E-state index is 0.149. The Bertz CT molecular complexity index is 449. The molecule has 2 rings (SSSR count). The lowest BCUT2D eigenvalue weighted by atomic mass is 9.89. The number of imide groups is 1. The van der Waals surface area contributed by atoms with Crippen molar-refractivity contribution in [1.82, 2.24) is 10.2 Å². The smallest absolute Gasteiger partial charge is 0.324 e. The Morgan fingerprint density at radius 2 is 1.38 bits per heavy atom. The monoisotopic (exact) mass is 298 g/mol. The summed E-state index contributed by atoms with van der Waals surface area (Å²) in [6.45, 7) is 3.58. The van der Waals surface area contributed by atoms with Gasteiger partial charge in [-0.3, -0.25) is 29.4 Å². The standard InChI is InChI=1S/C13H18N2O6/c1-4-20-12(18)8-6-7(11(17)15(3)10(6)16)9(14-8)13(19)21-5-2/h6-9,14H,4-5H2,1-3H3/t6-,7+,8-,9-/m0/s1. The zero-order chi connectivity index (χ0) is 15.7. The zero-order valence-corrected chi connectivity index (χ0v) is 12.1. The van der Waals surface area contributed by atoms with Crippen molar-refractivity contribution in [3.63, 3.8) is 0 Å². The first-order valence-corrected chi connectivity index (χ1v) is 6.84.